The monoisotopic (exact) mass is 484 g/mol. The Bertz CT molecular complexity index is 1270. The highest BCUT2D eigenvalue weighted by molar-refractivity contribution is 7.92. The molecule has 0 saturated carbocycles. The minimum Gasteiger partial charge on any atom is -0.495 e. The van der Waals surface area contributed by atoms with Crippen molar-refractivity contribution in [3.8, 4) is 11.5 Å². The van der Waals surface area contributed by atoms with E-state index in [-0.39, 0.29) is 16.1 Å². The Morgan fingerprint density at radius 3 is 1.91 bits per heavy atom. The lowest BCUT2D eigenvalue weighted by atomic mass is 10.2. The van der Waals surface area contributed by atoms with Crippen molar-refractivity contribution in [3.05, 3.63) is 78.4 Å². The van der Waals surface area contributed by atoms with E-state index in [1.165, 1.54) is 45.4 Å². The molecular weight excluding hydrogens is 460 g/mol. The molecule has 3 aromatic carbocycles. The highest BCUT2D eigenvalue weighted by Gasteiger charge is 2.21. The predicted molar refractivity (Wildman–Crippen MR) is 127 cm³/mol. The van der Waals surface area contributed by atoms with Gasteiger partial charge >= 0.3 is 5.97 Å². The molecule has 3 aromatic rings. The van der Waals surface area contributed by atoms with E-state index in [1.54, 1.807) is 48.5 Å². The number of anilines is 2. The van der Waals surface area contributed by atoms with Crippen LogP contribution in [0.25, 0.3) is 0 Å². The maximum atomic E-state index is 12.7. The summed E-state index contributed by atoms with van der Waals surface area (Å²) >= 11 is 0. The quantitative estimate of drug-likeness (QED) is 0.445. The van der Waals surface area contributed by atoms with Crippen LogP contribution in [0.3, 0.4) is 0 Å². The fourth-order valence-corrected chi connectivity index (χ4v) is 4.04. The number of benzene rings is 3. The molecule has 0 spiro atoms. The van der Waals surface area contributed by atoms with Gasteiger partial charge in [0, 0.05) is 0 Å². The van der Waals surface area contributed by atoms with Crippen LogP contribution >= 0.6 is 0 Å². The van der Waals surface area contributed by atoms with Crippen LogP contribution in [0.1, 0.15) is 17.3 Å². The molecule has 0 aliphatic carbocycles. The van der Waals surface area contributed by atoms with Gasteiger partial charge in [-0.3, -0.25) is 9.52 Å². The third-order valence-corrected chi connectivity index (χ3v) is 6.15. The van der Waals surface area contributed by atoms with Crippen molar-refractivity contribution in [3.63, 3.8) is 0 Å². The third-order valence-electron chi connectivity index (χ3n) is 4.77. The Morgan fingerprint density at radius 1 is 0.794 bits per heavy atom. The van der Waals surface area contributed by atoms with Gasteiger partial charge in [0.2, 0.25) is 0 Å². The molecule has 2 N–H and O–H groups in total. The van der Waals surface area contributed by atoms with Crippen molar-refractivity contribution in [2.75, 3.05) is 24.3 Å². The van der Waals surface area contributed by atoms with Crippen molar-refractivity contribution >= 4 is 33.3 Å². The number of carbonyl (C=O) groups is 2. The molecule has 0 aliphatic rings. The molecule has 178 valence electrons. The van der Waals surface area contributed by atoms with E-state index < -0.39 is 28.0 Å². The molecule has 0 bridgehead atoms. The molecule has 9 nitrogen and oxygen atoms in total. The Kier molecular flexibility index (Phi) is 7.75. The number of hydrogen-bond acceptors (Lipinski definition) is 7. The van der Waals surface area contributed by atoms with Crippen LogP contribution in [-0.4, -0.2) is 40.6 Å². The summed E-state index contributed by atoms with van der Waals surface area (Å²) in [7, 11) is -1.01. The molecule has 0 saturated heterocycles. The van der Waals surface area contributed by atoms with E-state index in [0.29, 0.717) is 17.2 Å². The maximum absolute atomic E-state index is 12.7. The average Bonchev–Trinajstić information content (AvgIpc) is 2.84. The third kappa shape index (κ3) is 5.84. The van der Waals surface area contributed by atoms with E-state index in [1.807, 2.05) is 0 Å². The molecule has 0 unspecified atom stereocenters. The molecule has 1 amide bonds. The Labute approximate surface area is 197 Å². The molecule has 34 heavy (non-hydrogen) atoms. The second-order valence-electron chi connectivity index (χ2n) is 7.07. The van der Waals surface area contributed by atoms with Crippen molar-refractivity contribution in [1.29, 1.82) is 0 Å². The smallest absolute Gasteiger partial charge is 0.338 e. The zero-order chi connectivity index (χ0) is 24.7. The Balaban J connectivity index is 1.65. The van der Waals surface area contributed by atoms with Gasteiger partial charge in [-0.05, 0) is 55.5 Å². The summed E-state index contributed by atoms with van der Waals surface area (Å²) in [5, 5.41) is 2.64. The van der Waals surface area contributed by atoms with Crippen molar-refractivity contribution in [1.82, 2.24) is 0 Å². The van der Waals surface area contributed by atoms with Gasteiger partial charge in [0.05, 0.1) is 36.1 Å². The van der Waals surface area contributed by atoms with Crippen LogP contribution in [0.2, 0.25) is 0 Å². The molecule has 0 aliphatic heterocycles. The van der Waals surface area contributed by atoms with Gasteiger partial charge in [-0.15, -0.1) is 0 Å². The summed E-state index contributed by atoms with van der Waals surface area (Å²) in [4.78, 5) is 24.8. The van der Waals surface area contributed by atoms with Crippen molar-refractivity contribution < 1.29 is 32.2 Å². The van der Waals surface area contributed by atoms with Crippen molar-refractivity contribution in [2.45, 2.75) is 17.9 Å². The molecule has 1 atom stereocenters. The minimum atomic E-state index is -3.92. The lowest BCUT2D eigenvalue weighted by Gasteiger charge is -2.15. The fraction of sp³-hybridized carbons (Fsp3) is 0.167. The van der Waals surface area contributed by atoms with E-state index in [0.717, 1.165) is 0 Å². The summed E-state index contributed by atoms with van der Waals surface area (Å²) in [5.41, 5.74) is 0.812. The molecule has 3 rings (SSSR count). The van der Waals surface area contributed by atoms with Crippen LogP contribution in [0.5, 0.6) is 11.5 Å². The first-order valence-electron chi connectivity index (χ1n) is 10.2. The number of sulfonamides is 1. The SMILES string of the molecule is COc1ccccc1NC(=O)[C@H](C)OC(=O)c1ccc(S(=O)(=O)Nc2ccccc2OC)cc1. The van der Waals surface area contributed by atoms with E-state index in [9.17, 15) is 18.0 Å². The molecule has 10 heteroatoms. The van der Waals surface area contributed by atoms with Gasteiger partial charge in [0.25, 0.3) is 15.9 Å². The number of hydrogen-bond donors (Lipinski definition) is 2. The summed E-state index contributed by atoms with van der Waals surface area (Å²) < 4.78 is 43.4. The average molecular weight is 485 g/mol. The number of methoxy groups -OCH3 is 2. The molecule has 0 aromatic heterocycles. The van der Waals surface area contributed by atoms with Gasteiger partial charge < -0.3 is 19.5 Å². The number of carbonyl (C=O) groups excluding carboxylic acids is 2. The lowest BCUT2D eigenvalue weighted by molar-refractivity contribution is -0.123. The number of nitrogens with one attached hydrogen (secondary N) is 2. The summed E-state index contributed by atoms with van der Waals surface area (Å²) in [6, 6.07) is 18.6. The Morgan fingerprint density at radius 2 is 1.32 bits per heavy atom. The summed E-state index contributed by atoms with van der Waals surface area (Å²) in [5.74, 6) is -0.484. The van der Waals surface area contributed by atoms with Gasteiger partial charge in [-0.25, -0.2) is 13.2 Å². The summed E-state index contributed by atoms with van der Waals surface area (Å²) in [6.07, 6.45) is -1.10. The lowest BCUT2D eigenvalue weighted by Crippen LogP contribution is -2.30. The van der Waals surface area contributed by atoms with Crippen LogP contribution < -0.4 is 19.5 Å². The topological polar surface area (TPSA) is 120 Å². The van der Waals surface area contributed by atoms with Gasteiger partial charge in [0.15, 0.2) is 6.10 Å². The van der Waals surface area contributed by atoms with Crippen LogP contribution in [0, 0.1) is 0 Å². The number of para-hydroxylation sites is 4. The van der Waals surface area contributed by atoms with Crippen LogP contribution in [0.15, 0.2) is 77.7 Å². The summed E-state index contributed by atoms with van der Waals surface area (Å²) in [6.45, 7) is 1.43. The number of ether oxygens (including phenoxy) is 3. The fourth-order valence-electron chi connectivity index (χ4n) is 2.97. The highest BCUT2D eigenvalue weighted by atomic mass is 32.2. The van der Waals surface area contributed by atoms with Crippen molar-refractivity contribution in [2.24, 2.45) is 0 Å². The van der Waals surface area contributed by atoms with E-state index >= 15 is 0 Å². The zero-order valence-electron chi connectivity index (χ0n) is 18.8. The number of esters is 1. The number of rotatable bonds is 9. The van der Waals surface area contributed by atoms with Gasteiger partial charge in [0.1, 0.15) is 11.5 Å². The van der Waals surface area contributed by atoms with Gasteiger partial charge in [-0.1, -0.05) is 24.3 Å². The Hall–Kier alpha value is -4.05. The first-order valence-corrected chi connectivity index (χ1v) is 11.6. The first-order chi connectivity index (χ1) is 16.2. The highest BCUT2D eigenvalue weighted by Crippen LogP contribution is 2.26. The van der Waals surface area contributed by atoms with Crippen LogP contribution in [-0.2, 0) is 19.6 Å². The molecular formula is C24H24N2O7S. The maximum Gasteiger partial charge on any atom is 0.338 e. The second-order valence-corrected chi connectivity index (χ2v) is 8.75. The minimum absolute atomic E-state index is 0.0584. The number of amides is 1. The van der Waals surface area contributed by atoms with E-state index in [2.05, 4.69) is 10.0 Å². The first kappa shape index (κ1) is 24.6. The van der Waals surface area contributed by atoms with Crippen LogP contribution in [0.4, 0.5) is 11.4 Å². The molecule has 0 heterocycles. The molecule has 0 radical (unpaired) electrons. The second kappa shape index (κ2) is 10.7. The normalized spacial score (nSPS) is 11.7. The molecule has 0 fully saturated rings. The predicted octanol–water partition coefficient (Wildman–Crippen LogP) is 3.69. The largest absolute Gasteiger partial charge is 0.495 e. The van der Waals surface area contributed by atoms with E-state index in [4.69, 9.17) is 14.2 Å². The zero-order valence-corrected chi connectivity index (χ0v) is 19.6. The van der Waals surface area contributed by atoms with Gasteiger partial charge in [-0.2, -0.15) is 0 Å². The standard InChI is InChI=1S/C24H24N2O7S/c1-16(23(27)25-19-8-4-6-10-21(19)31-2)33-24(28)17-12-14-18(15-13-17)34(29,30)26-20-9-5-7-11-22(20)32-3/h4-16,26H,1-3H3,(H,25,27)/t16-/m0/s1.